The number of esters is 1. The van der Waals surface area contributed by atoms with E-state index in [4.69, 9.17) is 4.74 Å². The van der Waals surface area contributed by atoms with E-state index in [0.29, 0.717) is 0 Å². The molecule has 0 saturated carbocycles. The summed E-state index contributed by atoms with van der Waals surface area (Å²) in [6.45, 7) is 6.59. The molecule has 26 heavy (non-hydrogen) atoms. The molecule has 2 amide bonds. The lowest BCUT2D eigenvalue weighted by atomic mass is 10.2. The second-order valence-corrected chi connectivity index (χ2v) is 6.14. The molecule has 0 unspecified atom stereocenters. The van der Waals surface area contributed by atoms with Gasteiger partial charge in [0.1, 0.15) is 11.3 Å². The molecule has 0 aromatic carbocycles. The van der Waals surface area contributed by atoms with E-state index in [1.165, 1.54) is 19.1 Å². The van der Waals surface area contributed by atoms with Crippen molar-refractivity contribution in [2.45, 2.75) is 39.8 Å². The summed E-state index contributed by atoms with van der Waals surface area (Å²) in [4.78, 5) is 39.1. The summed E-state index contributed by atoms with van der Waals surface area (Å²) in [5.41, 5.74) is -1.09. The van der Waals surface area contributed by atoms with Gasteiger partial charge >= 0.3 is 12.1 Å². The molecule has 1 heterocycles. The molecule has 0 spiro atoms. The first-order chi connectivity index (χ1) is 12.1. The largest absolute Gasteiger partial charge is 0.464 e. The van der Waals surface area contributed by atoms with E-state index in [1.54, 1.807) is 20.8 Å². The van der Waals surface area contributed by atoms with Crippen molar-refractivity contribution in [3.05, 3.63) is 41.1 Å². The van der Waals surface area contributed by atoms with Crippen molar-refractivity contribution in [2.24, 2.45) is 0 Å². The maximum absolute atomic E-state index is 13.9. The van der Waals surface area contributed by atoms with E-state index < -0.39 is 35.1 Å². The third-order valence-electron chi connectivity index (χ3n) is 2.87. The minimum atomic E-state index is -0.917. The van der Waals surface area contributed by atoms with Crippen LogP contribution < -0.4 is 10.6 Å². The number of nitrogens with one attached hydrogen (secondary N) is 2. The van der Waals surface area contributed by atoms with Crippen molar-refractivity contribution in [3.63, 3.8) is 0 Å². The number of carbonyl (C=O) groups excluding carboxylic acids is 3. The van der Waals surface area contributed by atoms with Crippen LogP contribution in [-0.4, -0.2) is 35.7 Å². The van der Waals surface area contributed by atoms with Gasteiger partial charge in [-0.3, -0.25) is 4.79 Å². The summed E-state index contributed by atoms with van der Waals surface area (Å²) in [6, 6.07) is 2.36. The van der Waals surface area contributed by atoms with Gasteiger partial charge in [-0.2, -0.15) is 0 Å². The molecule has 9 heteroatoms. The molecule has 0 aliphatic heterocycles. The number of hydrogen-bond acceptors (Lipinski definition) is 6. The average Bonchev–Trinajstić information content (AvgIpc) is 2.56. The van der Waals surface area contributed by atoms with Crippen LogP contribution in [0.4, 0.5) is 9.18 Å². The number of pyridine rings is 1. The van der Waals surface area contributed by atoms with Gasteiger partial charge in [0.15, 0.2) is 11.5 Å². The number of nitrogens with zero attached hydrogens (tertiary/aromatic N) is 1. The third kappa shape index (κ3) is 6.50. The Hall–Kier alpha value is -2.97. The first kappa shape index (κ1) is 21.1. The predicted molar refractivity (Wildman–Crippen MR) is 90.5 cm³/mol. The van der Waals surface area contributed by atoms with Crippen LogP contribution in [0.1, 0.15) is 43.9 Å². The number of carbonyl (C=O) groups is 3. The van der Waals surface area contributed by atoms with Gasteiger partial charge in [0.05, 0.1) is 19.3 Å². The highest BCUT2D eigenvalue weighted by Crippen LogP contribution is 2.09. The first-order valence-electron chi connectivity index (χ1n) is 7.75. The van der Waals surface area contributed by atoms with Crippen molar-refractivity contribution in [3.8, 4) is 0 Å². The van der Waals surface area contributed by atoms with Gasteiger partial charge in [0, 0.05) is 0 Å². The summed E-state index contributed by atoms with van der Waals surface area (Å²) in [5.74, 6) is -2.56. The lowest BCUT2D eigenvalue weighted by Crippen LogP contribution is -2.33. The zero-order chi connectivity index (χ0) is 19.9. The fourth-order valence-corrected chi connectivity index (χ4v) is 1.75. The van der Waals surface area contributed by atoms with Gasteiger partial charge < -0.3 is 20.1 Å². The summed E-state index contributed by atoms with van der Waals surface area (Å²) in [5, 5.41) is 4.69. The normalized spacial score (nSPS) is 11.5. The fourth-order valence-electron chi connectivity index (χ4n) is 1.75. The monoisotopic (exact) mass is 367 g/mol. The fraction of sp³-hybridized carbons (Fsp3) is 0.412. The number of allylic oxidation sites excluding steroid dienone is 1. The first-order valence-corrected chi connectivity index (χ1v) is 7.75. The Morgan fingerprint density at radius 3 is 2.46 bits per heavy atom. The summed E-state index contributed by atoms with van der Waals surface area (Å²) in [7, 11) is 1.15. The molecule has 1 rings (SSSR count). The second-order valence-electron chi connectivity index (χ2n) is 6.14. The van der Waals surface area contributed by atoms with Crippen LogP contribution in [-0.2, 0) is 20.8 Å². The molecule has 0 saturated heterocycles. The van der Waals surface area contributed by atoms with Crippen molar-refractivity contribution < 1.29 is 28.2 Å². The highest BCUT2D eigenvalue weighted by Gasteiger charge is 2.20. The maximum Gasteiger partial charge on any atom is 0.407 e. The Balaban J connectivity index is 2.85. The zero-order valence-electron chi connectivity index (χ0n) is 15.3. The summed E-state index contributed by atoms with van der Waals surface area (Å²) in [6.07, 6.45) is 0.645. The molecule has 0 atom stereocenters. The molecule has 0 aliphatic rings. The van der Waals surface area contributed by atoms with E-state index in [9.17, 15) is 18.8 Å². The highest BCUT2D eigenvalue weighted by molar-refractivity contribution is 6.00. The zero-order valence-corrected chi connectivity index (χ0v) is 15.3. The predicted octanol–water partition coefficient (Wildman–Crippen LogP) is 2.05. The van der Waals surface area contributed by atoms with Crippen molar-refractivity contribution in [1.82, 2.24) is 15.6 Å². The van der Waals surface area contributed by atoms with Crippen LogP contribution in [0, 0.1) is 5.82 Å². The van der Waals surface area contributed by atoms with E-state index >= 15 is 0 Å². The number of hydrogen-bond donors (Lipinski definition) is 2. The molecule has 0 fully saturated rings. The maximum atomic E-state index is 13.9. The number of ether oxygens (including phenoxy) is 2. The lowest BCUT2D eigenvalue weighted by Gasteiger charge is -2.19. The molecular formula is C17H22FN3O5. The van der Waals surface area contributed by atoms with E-state index in [0.717, 1.165) is 13.2 Å². The van der Waals surface area contributed by atoms with Crippen molar-refractivity contribution >= 4 is 18.0 Å². The molecule has 0 bridgehead atoms. The molecule has 1 aromatic rings. The summed E-state index contributed by atoms with van der Waals surface area (Å²) >= 11 is 0. The number of alkyl carbamates (subject to hydrolysis) is 1. The molecular weight excluding hydrogens is 345 g/mol. The van der Waals surface area contributed by atoms with E-state index in [-0.39, 0.29) is 17.9 Å². The number of amides is 2. The SMILES string of the molecule is C/C=C(/NC(=O)c1nc(CNC(=O)OC(C)(C)C)ccc1F)C(=O)OC. The van der Waals surface area contributed by atoms with Crippen LogP contribution in [0.25, 0.3) is 0 Å². The quantitative estimate of drug-likeness (QED) is 0.609. The molecule has 1 aromatic heterocycles. The number of rotatable bonds is 5. The Labute approximate surface area is 150 Å². The van der Waals surface area contributed by atoms with Gasteiger partial charge in [-0.25, -0.2) is 19.0 Å². The second kappa shape index (κ2) is 8.93. The van der Waals surface area contributed by atoms with Crippen LogP contribution in [0.5, 0.6) is 0 Å². The number of methoxy groups -OCH3 is 1. The van der Waals surface area contributed by atoms with Crippen molar-refractivity contribution in [1.29, 1.82) is 0 Å². The average molecular weight is 367 g/mol. The van der Waals surface area contributed by atoms with E-state index in [2.05, 4.69) is 20.4 Å². The smallest absolute Gasteiger partial charge is 0.407 e. The van der Waals surface area contributed by atoms with Gasteiger partial charge in [-0.05, 0) is 39.8 Å². The van der Waals surface area contributed by atoms with Crippen LogP contribution in [0.15, 0.2) is 23.9 Å². The Morgan fingerprint density at radius 2 is 1.92 bits per heavy atom. The molecule has 142 valence electrons. The van der Waals surface area contributed by atoms with Gasteiger partial charge in [0.25, 0.3) is 5.91 Å². The number of halogens is 1. The standard InChI is InChI=1S/C17H22FN3O5/c1-6-12(15(23)25-5)21-14(22)13-11(18)8-7-10(20-13)9-19-16(24)26-17(2,3)4/h6-8H,9H2,1-5H3,(H,19,24)(H,21,22)/b12-6+. The Bertz CT molecular complexity index is 726. The van der Waals surface area contributed by atoms with Gasteiger partial charge in [-0.1, -0.05) is 6.08 Å². The number of aromatic nitrogens is 1. The Kier molecular flexibility index (Phi) is 7.24. The molecule has 0 radical (unpaired) electrons. The van der Waals surface area contributed by atoms with Crippen molar-refractivity contribution in [2.75, 3.05) is 7.11 Å². The topological polar surface area (TPSA) is 107 Å². The molecule has 0 aliphatic carbocycles. The van der Waals surface area contributed by atoms with Crippen LogP contribution >= 0.6 is 0 Å². The third-order valence-corrected chi connectivity index (χ3v) is 2.87. The Morgan fingerprint density at radius 1 is 1.27 bits per heavy atom. The van der Waals surface area contributed by atoms with E-state index in [1.807, 2.05) is 0 Å². The molecule has 8 nitrogen and oxygen atoms in total. The van der Waals surface area contributed by atoms with Crippen LogP contribution in [0.2, 0.25) is 0 Å². The van der Waals surface area contributed by atoms with Gasteiger partial charge in [-0.15, -0.1) is 0 Å². The minimum Gasteiger partial charge on any atom is -0.464 e. The van der Waals surface area contributed by atoms with Gasteiger partial charge in [0.2, 0.25) is 0 Å². The minimum absolute atomic E-state index is 0.0665. The molecule has 2 N–H and O–H groups in total. The van der Waals surface area contributed by atoms with Crippen LogP contribution in [0.3, 0.4) is 0 Å². The summed E-state index contributed by atoms with van der Waals surface area (Å²) < 4.78 is 23.5. The lowest BCUT2D eigenvalue weighted by molar-refractivity contribution is -0.136. The highest BCUT2D eigenvalue weighted by atomic mass is 19.1.